The molecule has 19 heteroatoms. The topological polar surface area (TPSA) is 307 Å². The van der Waals surface area contributed by atoms with Gasteiger partial charge in [0.2, 0.25) is 5.91 Å². The molecule has 0 bridgehead atoms. The van der Waals surface area contributed by atoms with E-state index in [2.05, 4.69) is 67.8 Å². The van der Waals surface area contributed by atoms with Crippen molar-refractivity contribution in [1.82, 2.24) is 5.32 Å². The van der Waals surface area contributed by atoms with Gasteiger partial charge in [-0.05, 0) is 57.8 Å². The lowest BCUT2D eigenvalue weighted by molar-refractivity contribution is -0.379. The van der Waals surface area contributed by atoms with Crippen LogP contribution in [0.4, 0.5) is 0 Å². The highest BCUT2D eigenvalue weighted by Crippen LogP contribution is 2.33. The minimum Gasteiger partial charge on any atom is -0.394 e. The normalized spacial score (nSPS) is 27.5. The average molecular weight is 1350 g/mol. The van der Waals surface area contributed by atoms with E-state index in [0.29, 0.717) is 6.42 Å². The number of rotatable bonds is 59. The van der Waals surface area contributed by atoms with E-state index in [1.807, 2.05) is 6.08 Å². The highest BCUT2D eigenvalue weighted by molar-refractivity contribution is 5.76. The Balaban J connectivity index is 1.38. The molecule has 0 aliphatic carbocycles. The first-order valence-corrected chi connectivity index (χ1v) is 38.0. The lowest BCUT2D eigenvalue weighted by Crippen LogP contribution is -2.66. The molecule has 0 saturated carbocycles. The standard InChI is InChI=1S/C76H137NO18/c1-3-5-7-9-11-13-15-17-19-21-23-24-25-26-27-28-29-30-31-32-33-34-36-38-40-42-44-46-48-50-52-54-64(82)77-59(60(81)53-51-49-47-45-43-41-39-37-35-22-20-18-16-14-12-10-8-6-4-2)58-90-74-70(88)67(85)72(62(56-79)92-74)95-76-71(89)68(86)73(63(57-80)93-76)94-75-69(87)66(84)65(83)61(55-78)91-75/h5,7,11,13,17,19,23-24,51,53,59-63,65-76,78-81,83-89H,3-4,6,8-10,12,14-16,18,20-22,25-50,52,54-58H2,1-2H3,(H,77,82)/b7-5-,13-11-,19-17-,24-23-,53-51+. The molecular formula is C76H137NO18. The van der Waals surface area contributed by atoms with Crippen LogP contribution < -0.4 is 5.32 Å². The van der Waals surface area contributed by atoms with Gasteiger partial charge in [-0.2, -0.15) is 0 Å². The number of ether oxygens (including phenoxy) is 6. The number of hydrogen-bond acceptors (Lipinski definition) is 18. The van der Waals surface area contributed by atoms with E-state index >= 15 is 0 Å². The molecule has 95 heavy (non-hydrogen) atoms. The Morgan fingerprint density at radius 1 is 0.389 bits per heavy atom. The van der Waals surface area contributed by atoms with Gasteiger partial charge in [-0.3, -0.25) is 4.79 Å². The summed E-state index contributed by atoms with van der Waals surface area (Å²) in [5, 5.41) is 121. The Labute approximate surface area is 573 Å². The monoisotopic (exact) mass is 1350 g/mol. The molecule has 3 saturated heterocycles. The number of nitrogens with one attached hydrogen (secondary N) is 1. The first-order valence-electron chi connectivity index (χ1n) is 38.0. The molecule has 3 fully saturated rings. The van der Waals surface area contributed by atoms with Crippen LogP contribution in [-0.4, -0.2) is 193 Å². The highest BCUT2D eigenvalue weighted by Gasteiger charge is 2.53. The van der Waals surface area contributed by atoms with Crippen molar-refractivity contribution in [3.05, 3.63) is 60.8 Å². The van der Waals surface area contributed by atoms with Gasteiger partial charge in [0.1, 0.15) is 73.2 Å². The predicted molar refractivity (Wildman–Crippen MR) is 374 cm³/mol. The quantitative estimate of drug-likeness (QED) is 0.0199. The largest absolute Gasteiger partial charge is 0.394 e. The third-order valence-corrected chi connectivity index (χ3v) is 18.8. The second kappa shape index (κ2) is 57.2. The highest BCUT2D eigenvalue weighted by atomic mass is 16.8. The molecule has 12 N–H and O–H groups in total. The molecule has 3 aliphatic heterocycles. The number of aliphatic hydroxyl groups is 11. The Kier molecular flexibility index (Phi) is 52.2. The Morgan fingerprint density at radius 2 is 0.726 bits per heavy atom. The summed E-state index contributed by atoms with van der Waals surface area (Å²) in [6.45, 7) is 1.65. The van der Waals surface area contributed by atoms with Crippen LogP contribution in [0.5, 0.6) is 0 Å². The van der Waals surface area contributed by atoms with E-state index in [4.69, 9.17) is 28.4 Å². The fourth-order valence-electron chi connectivity index (χ4n) is 12.7. The van der Waals surface area contributed by atoms with Crippen molar-refractivity contribution in [2.75, 3.05) is 26.4 Å². The minimum atomic E-state index is -1.98. The first kappa shape index (κ1) is 86.7. The van der Waals surface area contributed by atoms with Crippen LogP contribution in [0.2, 0.25) is 0 Å². The van der Waals surface area contributed by atoms with Gasteiger partial charge in [-0.1, -0.05) is 280 Å². The van der Waals surface area contributed by atoms with Crippen molar-refractivity contribution >= 4 is 5.91 Å². The van der Waals surface area contributed by atoms with Crippen LogP contribution in [0.15, 0.2) is 60.8 Å². The van der Waals surface area contributed by atoms with Gasteiger partial charge >= 0.3 is 0 Å². The molecule has 0 spiro atoms. The van der Waals surface area contributed by atoms with E-state index in [1.54, 1.807) is 6.08 Å². The summed E-state index contributed by atoms with van der Waals surface area (Å²) in [5.41, 5.74) is 0. The minimum absolute atomic E-state index is 0.244. The van der Waals surface area contributed by atoms with Crippen LogP contribution in [0.3, 0.4) is 0 Å². The summed E-state index contributed by atoms with van der Waals surface area (Å²) in [7, 11) is 0. The number of carbonyl (C=O) groups excluding carboxylic acids is 1. The van der Waals surface area contributed by atoms with Crippen molar-refractivity contribution in [1.29, 1.82) is 0 Å². The third-order valence-electron chi connectivity index (χ3n) is 18.8. The number of unbranched alkanes of at least 4 members (excludes halogenated alkanes) is 35. The molecule has 19 nitrogen and oxygen atoms in total. The maximum absolute atomic E-state index is 13.5. The number of allylic oxidation sites excluding steroid dienone is 9. The van der Waals surface area contributed by atoms with E-state index in [-0.39, 0.29) is 18.9 Å². The lowest BCUT2D eigenvalue weighted by Gasteiger charge is -2.48. The fraction of sp³-hybridized carbons (Fsp3) is 0.855. The molecule has 0 radical (unpaired) electrons. The third kappa shape index (κ3) is 38.2. The smallest absolute Gasteiger partial charge is 0.220 e. The summed E-state index contributed by atoms with van der Waals surface area (Å²) in [4.78, 5) is 13.5. The Bertz CT molecular complexity index is 1950. The molecular weight excluding hydrogens is 1210 g/mol. The van der Waals surface area contributed by atoms with Crippen molar-refractivity contribution in [3.63, 3.8) is 0 Å². The number of amides is 1. The van der Waals surface area contributed by atoms with Crippen molar-refractivity contribution in [2.24, 2.45) is 0 Å². The van der Waals surface area contributed by atoms with Crippen LogP contribution in [0.25, 0.3) is 0 Å². The SMILES string of the molecule is CC/C=C\C/C=C\C/C=C\C/C=C\CCCCCCCCCCCCCCCCCCCCC(=O)NC(COC1OC(CO)C(OC2OC(CO)C(OC3OC(CO)C(O)C(O)C3O)C(O)C2O)C(O)C1O)C(O)/C=C/CCCCCCCCCCCCCCCCCCC. The maximum atomic E-state index is 13.5. The number of aliphatic hydroxyl groups excluding tert-OH is 11. The Morgan fingerprint density at radius 3 is 1.14 bits per heavy atom. The summed E-state index contributed by atoms with van der Waals surface area (Å²) in [5.74, 6) is -0.273. The number of carbonyl (C=O) groups is 1. The molecule has 3 heterocycles. The Hall–Kier alpha value is -2.51. The zero-order valence-corrected chi connectivity index (χ0v) is 58.9. The molecule has 0 aromatic heterocycles. The molecule has 3 rings (SSSR count). The van der Waals surface area contributed by atoms with Gasteiger partial charge in [0.15, 0.2) is 18.9 Å². The second-order valence-corrected chi connectivity index (χ2v) is 27.1. The second-order valence-electron chi connectivity index (χ2n) is 27.1. The van der Waals surface area contributed by atoms with Gasteiger partial charge < -0.3 is 89.9 Å². The van der Waals surface area contributed by atoms with Crippen LogP contribution >= 0.6 is 0 Å². The van der Waals surface area contributed by atoms with Crippen molar-refractivity contribution in [2.45, 2.75) is 388 Å². The van der Waals surface area contributed by atoms with Crippen molar-refractivity contribution in [3.8, 4) is 0 Å². The predicted octanol–water partition coefficient (Wildman–Crippen LogP) is 11.5. The van der Waals surface area contributed by atoms with Crippen molar-refractivity contribution < 1.29 is 89.4 Å². The summed E-state index contributed by atoms with van der Waals surface area (Å²) >= 11 is 0. The molecule has 17 unspecified atom stereocenters. The van der Waals surface area contributed by atoms with Gasteiger partial charge in [-0.25, -0.2) is 0 Å². The molecule has 17 atom stereocenters. The van der Waals surface area contributed by atoms with E-state index in [9.17, 15) is 61.0 Å². The van der Waals surface area contributed by atoms with Gasteiger partial charge in [0, 0.05) is 6.42 Å². The maximum Gasteiger partial charge on any atom is 0.220 e. The average Bonchev–Trinajstić information content (AvgIpc) is 0.787. The van der Waals surface area contributed by atoms with Gasteiger partial charge in [-0.15, -0.1) is 0 Å². The molecule has 3 aliphatic rings. The molecule has 554 valence electrons. The summed E-state index contributed by atoms with van der Waals surface area (Å²) in [6, 6.07) is -0.974. The summed E-state index contributed by atoms with van der Waals surface area (Å²) in [6.07, 6.45) is 44.8. The molecule has 1 amide bonds. The number of hydrogen-bond donors (Lipinski definition) is 12. The molecule has 0 aromatic rings. The van der Waals surface area contributed by atoms with Crippen LogP contribution in [0.1, 0.15) is 284 Å². The van der Waals surface area contributed by atoms with Gasteiger partial charge in [0.25, 0.3) is 0 Å². The lowest BCUT2D eigenvalue weighted by atomic mass is 9.96. The van der Waals surface area contributed by atoms with Crippen LogP contribution in [-0.2, 0) is 33.2 Å². The van der Waals surface area contributed by atoms with Gasteiger partial charge in [0.05, 0.1) is 38.6 Å². The van der Waals surface area contributed by atoms with E-state index < -0.39 is 124 Å². The van der Waals surface area contributed by atoms with E-state index in [1.165, 1.54) is 186 Å². The zero-order chi connectivity index (χ0) is 68.9. The fourth-order valence-corrected chi connectivity index (χ4v) is 12.7. The zero-order valence-electron chi connectivity index (χ0n) is 58.9. The molecule has 0 aromatic carbocycles. The van der Waals surface area contributed by atoms with E-state index in [0.717, 1.165) is 70.6 Å². The first-order chi connectivity index (χ1) is 46.3. The summed E-state index contributed by atoms with van der Waals surface area (Å²) < 4.78 is 34.4. The van der Waals surface area contributed by atoms with Crippen LogP contribution in [0, 0.1) is 0 Å².